The van der Waals surface area contributed by atoms with E-state index in [0.717, 1.165) is 16.9 Å². The topological polar surface area (TPSA) is 23.6 Å². The summed E-state index contributed by atoms with van der Waals surface area (Å²) in [5.74, 6) is -0.00162. The molecular weight excluding hydrogens is 272 g/mol. The molecule has 0 aromatic heterocycles. The van der Waals surface area contributed by atoms with Crippen molar-refractivity contribution in [3.8, 4) is 0 Å². The largest absolute Gasteiger partial charge is 0.345 e. The Balaban J connectivity index is 2.57. The molecule has 2 rings (SSSR count). The van der Waals surface area contributed by atoms with Gasteiger partial charge >= 0.3 is 0 Å². The number of hydrogen-bond acceptors (Lipinski definition) is 2. The maximum atomic E-state index is 12.5. The van der Waals surface area contributed by atoms with Gasteiger partial charge in [0.15, 0.2) is 0 Å². The average Bonchev–Trinajstić information content (AvgIpc) is 2.53. The number of carbonyl (C=O) groups excluding carboxylic acids is 1. The molecule has 22 heavy (non-hydrogen) atoms. The number of nitrogens with zero attached hydrogens (tertiary/aromatic N) is 2. The van der Waals surface area contributed by atoms with Gasteiger partial charge in [0.2, 0.25) is 0 Å². The minimum atomic E-state index is -0.00162. The van der Waals surface area contributed by atoms with Gasteiger partial charge in [-0.25, -0.2) is 0 Å². The summed E-state index contributed by atoms with van der Waals surface area (Å²) < 4.78 is 0. The van der Waals surface area contributed by atoms with Gasteiger partial charge in [0.25, 0.3) is 5.91 Å². The van der Waals surface area contributed by atoms with E-state index in [4.69, 9.17) is 0 Å². The second-order valence-corrected chi connectivity index (χ2v) is 5.40. The van der Waals surface area contributed by atoms with Gasteiger partial charge in [-0.1, -0.05) is 36.4 Å². The lowest BCUT2D eigenvalue weighted by atomic mass is 10.1. The van der Waals surface area contributed by atoms with Gasteiger partial charge in [0, 0.05) is 26.3 Å². The molecule has 0 aliphatic rings. The molecule has 0 atom stereocenters. The lowest BCUT2D eigenvalue weighted by Gasteiger charge is -2.28. The summed E-state index contributed by atoms with van der Waals surface area (Å²) in [5.41, 5.74) is 3.84. The Labute approximate surface area is 132 Å². The molecule has 3 nitrogen and oxygen atoms in total. The smallest absolute Gasteiger partial charge is 0.255 e. The van der Waals surface area contributed by atoms with Crippen LogP contribution in [0.3, 0.4) is 0 Å². The summed E-state index contributed by atoms with van der Waals surface area (Å²) in [4.78, 5) is 16.2. The Morgan fingerprint density at radius 2 is 1.64 bits per heavy atom. The maximum absolute atomic E-state index is 12.5. The van der Waals surface area contributed by atoms with Crippen molar-refractivity contribution in [2.75, 3.05) is 25.5 Å². The van der Waals surface area contributed by atoms with Crippen LogP contribution in [0.5, 0.6) is 0 Å². The first-order chi connectivity index (χ1) is 10.6. The Hall–Kier alpha value is -2.55. The van der Waals surface area contributed by atoms with Crippen LogP contribution in [0.15, 0.2) is 61.2 Å². The molecule has 2 aromatic carbocycles. The minimum absolute atomic E-state index is 0.00162. The summed E-state index contributed by atoms with van der Waals surface area (Å²) in [7, 11) is 3.54. The van der Waals surface area contributed by atoms with Crippen LogP contribution in [0.1, 0.15) is 15.9 Å². The molecular formula is C19H22N2O. The van der Waals surface area contributed by atoms with Gasteiger partial charge in [-0.15, -0.1) is 6.58 Å². The zero-order chi connectivity index (χ0) is 16.1. The van der Waals surface area contributed by atoms with Crippen LogP contribution in [-0.4, -0.2) is 31.4 Å². The van der Waals surface area contributed by atoms with Crippen LogP contribution >= 0.6 is 0 Å². The quantitative estimate of drug-likeness (QED) is 0.778. The first-order valence-electron chi connectivity index (χ1n) is 7.31. The second kappa shape index (κ2) is 6.94. The van der Waals surface area contributed by atoms with Crippen LogP contribution in [-0.2, 0) is 0 Å². The highest BCUT2D eigenvalue weighted by atomic mass is 16.2. The second-order valence-electron chi connectivity index (χ2n) is 5.40. The molecule has 3 heteroatoms. The van der Waals surface area contributed by atoms with Crippen molar-refractivity contribution in [1.82, 2.24) is 4.90 Å². The first-order valence-corrected chi connectivity index (χ1v) is 7.31. The number of para-hydroxylation sites is 2. The fourth-order valence-corrected chi connectivity index (χ4v) is 2.45. The van der Waals surface area contributed by atoms with E-state index in [1.54, 1.807) is 19.0 Å². The minimum Gasteiger partial charge on any atom is -0.345 e. The standard InChI is InChI=1S/C19H22N2O/c1-5-14-21(17-12-8-6-10-15(17)2)18-13-9-7-11-16(18)19(22)20(3)4/h5-13H,1,14H2,2-4H3. The molecule has 0 aliphatic carbocycles. The number of rotatable bonds is 5. The van der Waals surface area contributed by atoms with Gasteiger partial charge in [-0.2, -0.15) is 0 Å². The first kappa shape index (κ1) is 15.8. The lowest BCUT2D eigenvalue weighted by molar-refractivity contribution is 0.0828. The van der Waals surface area contributed by atoms with E-state index in [9.17, 15) is 4.79 Å². The van der Waals surface area contributed by atoms with E-state index in [-0.39, 0.29) is 5.91 Å². The number of hydrogen-bond donors (Lipinski definition) is 0. The molecule has 0 N–H and O–H groups in total. The summed E-state index contributed by atoms with van der Waals surface area (Å²) in [6.07, 6.45) is 1.85. The van der Waals surface area contributed by atoms with Crippen molar-refractivity contribution in [3.05, 3.63) is 72.3 Å². The van der Waals surface area contributed by atoms with Crippen molar-refractivity contribution in [1.29, 1.82) is 0 Å². The molecule has 0 aliphatic heterocycles. The van der Waals surface area contributed by atoms with Crippen LogP contribution in [0.4, 0.5) is 11.4 Å². The van der Waals surface area contributed by atoms with Gasteiger partial charge in [0.05, 0.1) is 11.3 Å². The molecule has 0 saturated carbocycles. The number of amides is 1. The van der Waals surface area contributed by atoms with Gasteiger partial charge in [0.1, 0.15) is 0 Å². The van der Waals surface area contributed by atoms with Crippen LogP contribution in [0.25, 0.3) is 0 Å². The summed E-state index contributed by atoms with van der Waals surface area (Å²) in [6.45, 7) is 6.57. The zero-order valence-electron chi connectivity index (χ0n) is 13.4. The average molecular weight is 294 g/mol. The van der Waals surface area contributed by atoms with Crippen molar-refractivity contribution in [3.63, 3.8) is 0 Å². The van der Waals surface area contributed by atoms with Crippen LogP contribution in [0.2, 0.25) is 0 Å². The Morgan fingerprint density at radius 1 is 1.05 bits per heavy atom. The highest BCUT2D eigenvalue weighted by molar-refractivity contribution is 6.00. The Kier molecular flexibility index (Phi) is 4.99. The number of carbonyl (C=O) groups is 1. The van der Waals surface area contributed by atoms with E-state index in [1.165, 1.54) is 0 Å². The third-order valence-corrected chi connectivity index (χ3v) is 3.55. The Bertz CT molecular complexity index is 677. The normalized spacial score (nSPS) is 10.1. The van der Waals surface area contributed by atoms with Gasteiger partial charge in [-0.3, -0.25) is 4.79 Å². The highest BCUT2D eigenvalue weighted by Crippen LogP contribution is 2.31. The molecule has 0 spiro atoms. The lowest BCUT2D eigenvalue weighted by Crippen LogP contribution is -2.26. The predicted molar refractivity (Wildman–Crippen MR) is 92.8 cm³/mol. The van der Waals surface area contributed by atoms with Gasteiger partial charge < -0.3 is 9.80 Å². The third kappa shape index (κ3) is 3.19. The highest BCUT2D eigenvalue weighted by Gasteiger charge is 2.18. The van der Waals surface area contributed by atoms with Crippen molar-refractivity contribution < 1.29 is 4.79 Å². The summed E-state index contributed by atoms with van der Waals surface area (Å²) in [5, 5.41) is 0. The van der Waals surface area contributed by atoms with E-state index in [0.29, 0.717) is 12.1 Å². The molecule has 0 bridgehead atoms. The number of anilines is 2. The third-order valence-electron chi connectivity index (χ3n) is 3.55. The summed E-state index contributed by atoms with van der Waals surface area (Å²) >= 11 is 0. The van der Waals surface area contributed by atoms with Gasteiger partial charge in [-0.05, 0) is 30.7 Å². The van der Waals surface area contributed by atoms with Crippen molar-refractivity contribution in [2.45, 2.75) is 6.92 Å². The molecule has 1 amide bonds. The predicted octanol–water partition coefficient (Wildman–Crippen LogP) is 4.02. The fourth-order valence-electron chi connectivity index (χ4n) is 2.45. The molecule has 0 heterocycles. The Morgan fingerprint density at radius 3 is 2.23 bits per heavy atom. The number of benzene rings is 2. The van der Waals surface area contributed by atoms with E-state index < -0.39 is 0 Å². The fraction of sp³-hybridized carbons (Fsp3) is 0.211. The molecule has 0 unspecified atom stereocenters. The van der Waals surface area contributed by atoms with Crippen LogP contribution < -0.4 is 4.90 Å². The SMILES string of the molecule is C=CCN(c1ccccc1C)c1ccccc1C(=O)N(C)C. The maximum Gasteiger partial charge on any atom is 0.255 e. The van der Waals surface area contributed by atoms with E-state index >= 15 is 0 Å². The van der Waals surface area contributed by atoms with E-state index in [1.807, 2.05) is 42.5 Å². The van der Waals surface area contributed by atoms with Crippen LogP contribution in [0, 0.1) is 6.92 Å². The molecule has 114 valence electrons. The molecule has 0 radical (unpaired) electrons. The van der Waals surface area contributed by atoms with Crippen molar-refractivity contribution in [2.24, 2.45) is 0 Å². The summed E-state index contributed by atoms with van der Waals surface area (Å²) in [6, 6.07) is 15.9. The molecule has 0 fully saturated rings. The monoisotopic (exact) mass is 294 g/mol. The zero-order valence-corrected chi connectivity index (χ0v) is 13.4. The van der Waals surface area contributed by atoms with Crippen molar-refractivity contribution >= 4 is 17.3 Å². The molecule has 0 saturated heterocycles. The number of aryl methyl sites for hydroxylation is 1. The molecule has 2 aromatic rings. The van der Waals surface area contributed by atoms with E-state index in [2.05, 4.69) is 30.5 Å².